The van der Waals surface area contributed by atoms with Gasteiger partial charge in [0.25, 0.3) is 0 Å². The Morgan fingerprint density at radius 1 is 0.826 bits per heavy atom. The molecule has 0 bridgehead atoms. The molecule has 5 heteroatoms. The summed E-state index contributed by atoms with van der Waals surface area (Å²) in [5.41, 5.74) is 3.08. The molecule has 0 saturated carbocycles. The highest BCUT2D eigenvalue weighted by atomic mass is 32.1. The van der Waals surface area contributed by atoms with Crippen LogP contribution in [0.5, 0.6) is 0 Å². The van der Waals surface area contributed by atoms with Crippen LogP contribution in [0, 0.1) is 0 Å². The molecule has 23 heavy (non-hydrogen) atoms. The highest BCUT2D eigenvalue weighted by molar-refractivity contribution is 7.80. The normalized spacial score (nSPS) is 10.1. The summed E-state index contributed by atoms with van der Waals surface area (Å²) >= 11 is 7.03. The van der Waals surface area contributed by atoms with Crippen LogP contribution in [0.15, 0.2) is 72.1 Å². The highest BCUT2D eigenvalue weighted by Crippen LogP contribution is 2.18. The predicted molar refractivity (Wildman–Crippen MR) is 104 cm³/mol. The Hall–Kier alpha value is -2.37. The number of para-hydroxylation sites is 1. The van der Waals surface area contributed by atoms with E-state index >= 15 is 0 Å². The lowest BCUT2D eigenvalue weighted by Crippen LogP contribution is -2.27. The summed E-state index contributed by atoms with van der Waals surface area (Å²) in [6.07, 6.45) is 0. The van der Waals surface area contributed by atoms with Crippen molar-refractivity contribution < 1.29 is 0 Å². The molecule has 3 rings (SSSR count). The van der Waals surface area contributed by atoms with Gasteiger partial charge < -0.3 is 16.0 Å². The molecule has 0 aliphatic rings. The predicted octanol–water partition coefficient (Wildman–Crippen LogP) is 4.98. The zero-order valence-electron chi connectivity index (χ0n) is 12.5. The van der Waals surface area contributed by atoms with Crippen molar-refractivity contribution in [2.45, 2.75) is 6.54 Å². The average molecular weight is 339 g/mol. The van der Waals surface area contributed by atoms with Gasteiger partial charge in [-0.2, -0.15) is 0 Å². The third-order valence-electron chi connectivity index (χ3n) is 3.21. The van der Waals surface area contributed by atoms with E-state index in [1.54, 1.807) is 11.3 Å². The first-order valence-electron chi connectivity index (χ1n) is 7.29. The van der Waals surface area contributed by atoms with Gasteiger partial charge in [0.1, 0.15) is 0 Å². The van der Waals surface area contributed by atoms with Gasteiger partial charge in [-0.05, 0) is 60.1 Å². The Labute approximate surface area is 145 Å². The summed E-state index contributed by atoms with van der Waals surface area (Å²) in [6.45, 7) is 0.747. The average Bonchev–Trinajstić information content (AvgIpc) is 3.09. The van der Waals surface area contributed by atoms with Crippen molar-refractivity contribution in [3.05, 3.63) is 77.0 Å². The van der Waals surface area contributed by atoms with Crippen LogP contribution in [-0.4, -0.2) is 5.11 Å². The Morgan fingerprint density at radius 2 is 1.52 bits per heavy atom. The molecule has 0 atom stereocenters. The standard InChI is InChI=1S/C18H17N3S2/c22-18(19-13-17-7-4-12-23-17)21-16-10-8-15(9-11-16)20-14-5-2-1-3-6-14/h1-12,20H,13H2,(H2,19,21,22). The summed E-state index contributed by atoms with van der Waals surface area (Å²) in [4.78, 5) is 1.26. The van der Waals surface area contributed by atoms with E-state index in [0.29, 0.717) is 5.11 Å². The van der Waals surface area contributed by atoms with Gasteiger partial charge in [-0.1, -0.05) is 24.3 Å². The van der Waals surface area contributed by atoms with Crippen molar-refractivity contribution in [1.82, 2.24) is 5.32 Å². The molecule has 0 fully saturated rings. The topological polar surface area (TPSA) is 36.1 Å². The smallest absolute Gasteiger partial charge is 0.171 e. The lowest BCUT2D eigenvalue weighted by Gasteiger charge is -2.11. The molecule has 0 unspecified atom stereocenters. The van der Waals surface area contributed by atoms with Gasteiger partial charge in [0.15, 0.2) is 5.11 Å². The summed E-state index contributed by atoms with van der Waals surface area (Å²) in [5, 5.41) is 12.4. The Balaban J connectivity index is 1.51. The molecular formula is C18H17N3S2. The largest absolute Gasteiger partial charge is 0.358 e. The zero-order chi connectivity index (χ0) is 15.9. The minimum absolute atomic E-state index is 0.627. The van der Waals surface area contributed by atoms with Crippen molar-refractivity contribution in [2.24, 2.45) is 0 Å². The molecule has 116 valence electrons. The Morgan fingerprint density at radius 3 is 2.22 bits per heavy atom. The molecule has 0 amide bonds. The molecule has 0 spiro atoms. The van der Waals surface area contributed by atoms with Crippen molar-refractivity contribution in [3.8, 4) is 0 Å². The van der Waals surface area contributed by atoms with Crippen LogP contribution in [0.3, 0.4) is 0 Å². The lowest BCUT2D eigenvalue weighted by atomic mass is 10.2. The van der Waals surface area contributed by atoms with Gasteiger partial charge in [0.2, 0.25) is 0 Å². The maximum absolute atomic E-state index is 5.31. The fourth-order valence-electron chi connectivity index (χ4n) is 2.08. The van der Waals surface area contributed by atoms with E-state index in [1.807, 2.05) is 60.7 Å². The number of thiophene rings is 1. The third kappa shape index (κ3) is 4.81. The Bertz CT molecular complexity index is 738. The van der Waals surface area contributed by atoms with Gasteiger partial charge in [-0.3, -0.25) is 0 Å². The van der Waals surface area contributed by atoms with Crippen molar-refractivity contribution >= 4 is 45.7 Å². The van der Waals surface area contributed by atoms with E-state index in [4.69, 9.17) is 12.2 Å². The molecule has 3 N–H and O–H groups in total. The molecule has 0 aliphatic carbocycles. The first-order valence-corrected chi connectivity index (χ1v) is 8.58. The van der Waals surface area contributed by atoms with E-state index in [0.717, 1.165) is 23.6 Å². The van der Waals surface area contributed by atoms with Gasteiger partial charge in [-0.25, -0.2) is 0 Å². The summed E-state index contributed by atoms with van der Waals surface area (Å²) in [6, 6.07) is 22.3. The second-order valence-corrected chi connectivity index (χ2v) is 6.40. The SMILES string of the molecule is S=C(NCc1cccs1)Nc1ccc(Nc2ccccc2)cc1. The maximum atomic E-state index is 5.31. The van der Waals surface area contributed by atoms with E-state index in [2.05, 4.69) is 27.4 Å². The van der Waals surface area contributed by atoms with Crippen LogP contribution >= 0.6 is 23.6 Å². The van der Waals surface area contributed by atoms with Crippen LogP contribution in [0.25, 0.3) is 0 Å². The van der Waals surface area contributed by atoms with Crippen LogP contribution in [0.4, 0.5) is 17.1 Å². The number of benzene rings is 2. The molecule has 1 aromatic heterocycles. The minimum Gasteiger partial charge on any atom is -0.358 e. The number of nitrogens with one attached hydrogen (secondary N) is 3. The van der Waals surface area contributed by atoms with E-state index in [1.165, 1.54) is 4.88 Å². The monoisotopic (exact) mass is 339 g/mol. The summed E-state index contributed by atoms with van der Waals surface area (Å²) in [5.74, 6) is 0. The number of hydrogen-bond acceptors (Lipinski definition) is 3. The van der Waals surface area contributed by atoms with Crippen LogP contribution < -0.4 is 16.0 Å². The number of rotatable bonds is 5. The van der Waals surface area contributed by atoms with Crippen LogP contribution in [-0.2, 0) is 6.54 Å². The molecule has 3 aromatic rings. The Kier molecular flexibility index (Phi) is 5.24. The molecule has 0 aliphatic heterocycles. The summed E-state index contributed by atoms with van der Waals surface area (Å²) < 4.78 is 0. The maximum Gasteiger partial charge on any atom is 0.171 e. The van der Waals surface area contributed by atoms with Gasteiger partial charge in [0.05, 0.1) is 6.54 Å². The minimum atomic E-state index is 0.627. The van der Waals surface area contributed by atoms with E-state index < -0.39 is 0 Å². The molecule has 2 aromatic carbocycles. The molecular weight excluding hydrogens is 322 g/mol. The highest BCUT2D eigenvalue weighted by Gasteiger charge is 2.00. The first kappa shape index (κ1) is 15.5. The summed E-state index contributed by atoms with van der Waals surface area (Å²) in [7, 11) is 0. The second kappa shape index (κ2) is 7.76. The number of thiocarbonyl (C=S) groups is 1. The number of anilines is 3. The fraction of sp³-hybridized carbons (Fsp3) is 0.0556. The zero-order valence-corrected chi connectivity index (χ0v) is 14.1. The van der Waals surface area contributed by atoms with Gasteiger partial charge >= 0.3 is 0 Å². The quantitative estimate of drug-likeness (QED) is 0.573. The van der Waals surface area contributed by atoms with Gasteiger partial charge in [0, 0.05) is 21.9 Å². The third-order valence-corrected chi connectivity index (χ3v) is 4.33. The van der Waals surface area contributed by atoms with Crippen LogP contribution in [0.2, 0.25) is 0 Å². The molecule has 1 heterocycles. The van der Waals surface area contributed by atoms with Gasteiger partial charge in [-0.15, -0.1) is 11.3 Å². The van der Waals surface area contributed by atoms with Crippen molar-refractivity contribution in [1.29, 1.82) is 0 Å². The number of hydrogen-bond donors (Lipinski definition) is 3. The van der Waals surface area contributed by atoms with E-state index in [-0.39, 0.29) is 0 Å². The molecule has 0 radical (unpaired) electrons. The van der Waals surface area contributed by atoms with Crippen LogP contribution in [0.1, 0.15) is 4.88 Å². The van der Waals surface area contributed by atoms with E-state index in [9.17, 15) is 0 Å². The van der Waals surface area contributed by atoms with Crippen molar-refractivity contribution in [2.75, 3.05) is 10.6 Å². The second-order valence-electron chi connectivity index (χ2n) is 4.96. The lowest BCUT2D eigenvalue weighted by molar-refractivity contribution is 0.946. The molecule has 0 saturated heterocycles. The fourth-order valence-corrected chi connectivity index (χ4v) is 2.92. The first-order chi connectivity index (χ1) is 11.3. The van der Waals surface area contributed by atoms with Crippen molar-refractivity contribution in [3.63, 3.8) is 0 Å². The molecule has 3 nitrogen and oxygen atoms in total.